The molecule has 0 saturated carbocycles. The molecule has 1 aromatic heterocycles. The molecule has 1 saturated heterocycles. The average Bonchev–Trinajstić information content (AvgIpc) is 2.69. The number of amides is 2. The standard InChI is InChI=1S/C23H29FN4O4/c1-23(2,3)32-22(30)28-10-7-15(8-11-28)12-21(29)27-20-14-17(6-9-26-20)31-19-5-4-16(25)13-18(19)24/h4-6,9,13-15H,7-8,10-12,25H2,1-3H3,(H,26,27,29). The number of halogens is 1. The van der Waals surface area contributed by atoms with E-state index < -0.39 is 11.4 Å². The number of carbonyl (C=O) groups excluding carboxylic acids is 2. The number of rotatable bonds is 5. The lowest BCUT2D eigenvalue weighted by Gasteiger charge is -2.33. The zero-order valence-electron chi connectivity index (χ0n) is 18.6. The van der Waals surface area contributed by atoms with Crippen molar-refractivity contribution in [1.29, 1.82) is 0 Å². The molecule has 172 valence electrons. The van der Waals surface area contributed by atoms with E-state index >= 15 is 0 Å². The summed E-state index contributed by atoms with van der Waals surface area (Å²) in [7, 11) is 0. The third kappa shape index (κ3) is 6.83. The van der Waals surface area contributed by atoms with Gasteiger partial charge in [0.2, 0.25) is 5.91 Å². The van der Waals surface area contributed by atoms with Crippen molar-refractivity contribution < 1.29 is 23.5 Å². The van der Waals surface area contributed by atoms with Gasteiger partial charge in [0.15, 0.2) is 11.6 Å². The van der Waals surface area contributed by atoms with E-state index in [9.17, 15) is 14.0 Å². The topological polar surface area (TPSA) is 107 Å². The molecule has 0 atom stereocenters. The highest BCUT2D eigenvalue weighted by Crippen LogP contribution is 2.27. The molecule has 2 amide bonds. The molecule has 1 fully saturated rings. The van der Waals surface area contributed by atoms with Gasteiger partial charge in [0.05, 0.1) is 0 Å². The maximum Gasteiger partial charge on any atom is 0.410 e. The maximum absolute atomic E-state index is 13.9. The van der Waals surface area contributed by atoms with Gasteiger partial charge in [0, 0.05) is 43.5 Å². The Balaban J connectivity index is 1.49. The summed E-state index contributed by atoms with van der Waals surface area (Å²) >= 11 is 0. The van der Waals surface area contributed by atoms with Crippen LogP contribution in [0.15, 0.2) is 36.5 Å². The van der Waals surface area contributed by atoms with Gasteiger partial charge >= 0.3 is 6.09 Å². The summed E-state index contributed by atoms with van der Waals surface area (Å²) in [5.41, 5.74) is 5.32. The van der Waals surface area contributed by atoms with E-state index in [1.165, 1.54) is 30.5 Å². The van der Waals surface area contributed by atoms with E-state index in [2.05, 4.69) is 10.3 Å². The highest BCUT2D eigenvalue weighted by Gasteiger charge is 2.27. The Morgan fingerprint density at radius 2 is 1.94 bits per heavy atom. The minimum absolute atomic E-state index is 0.0272. The van der Waals surface area contributed by atoms with Crippen molar-refractivity contribution in [1.82, 2.24) is 9.88 Å². The Hall–Kier alpha value is -3.36. The SMILES string of the molecule is CC(C)(C)OC(=O)N1CCC(CC(=O)Nc2cc(Oc3ccc(N)cc3F)ccn2)CC1. The Labute approximate surface area is 186 Å². The summed E-state index contributed by atoms with van der Waals surface area (Å²) in [6, 6.07) is 7.24. The van der Waals surface area contributed by atoms with Crippen LogP contribution in [0.2, 0.25) is 0 Å². The van der Waals surface area contributed by atoms with E-state index in [1.54, 1.807) is 11.0 Å². The number of nitrogens with zero attached hydrogens (tertiary/aromatic N) is 2. The molecule has 0 aliphatic carbocycles. The van der Waals surface area contributed by atoms with Gasteiger partial charge in [-0.05, 0) is 57.7 Å². The number of benzene rings is 1. The van der Waals surface area contributed by atoms with Gasteiger partial charge < -0.3 is 25.4 Å². The highest BCUT2D eigenvalue weighted by atomic mass is 19.1. The fraction of sp³-hybridized carbons (Fsp3) is 0.435. The monoisotopic (exact) mass is 444 g/mol. The van der Waals surface area contributed by atoms with E-state index in [0.29, 0.717) is 36.8 Å². The van der Waals surface area contributed by atoms with Crippen molar-refractivity contribution >= 4 is 23.5 Å². The fourth-order valence-corrected chi connectivity index (χ4v) is 3.37. The summed E-state index contributed by atoms with van der Waals surface area (Å²) < 4.78 is 24.9. The van der Waals surface area contributed by atoms with Crippen LogP contribution in [0.4, 0.5) is 20.7 Å². The molecule has 0 spiro atoms. The number of hydrogen-bond donors (Lipinski definition) is 2. The van der Waals surface area contributed by atoms with Crippen molar-refractivity contribution in [3.8, 4) is 11.5 Å². The number of carbonyl (C=O) groups is 2. The summed E-state index contributed by atoms with van der Waals surface area (Å²) in [5, 5.41) is 2.76. The van der Waals surface area contributed by atoms with Crippen LogP contribution < -0.4 is 15.8 Å². The van der Waals surface area contributed by atoms with Crippen LogP contribution in [0.5, 0.6) is 11.5 Å². The first kappa shape index (κ1) is 23.3. The molecule has 3 N–H and O–H groups in total. The maximum atomic E-state index is 13.9. The Kier molecular flexibility index (Phi) is 7.17. The normalized spacial score (nSPS) is 14.7. The molecule has 8 nitrogen and oxygen atoms in total. The predicted octanol–water partition coefficient (Wildman–Crippen LogP) is 4.57. The van der Waals surface area contributed by atoms with Crippen LogP contribution in [-0.4, -0.2) is 40.6 Å². The second-order valence-electron chi connectivity index (χ2n) is 8.83. The highest BCUT2D eigenvalue weighted by molar-refractivity contribution is 5.90. The summed E-state index contributed by atoms with van der Waals surface area (Å²) in [4.78, 5) is 30.4. The van der Waals surface area contributed by atoms with E-state index in [-0.39, 0.29) is 23.7 Å². The number of anilines is 2. The summed E-state index contributed by atoms with van der Waals surface area (Å²) in [6.45, 7) is 6.62. The number of nitrogens with two attached hydrogens (primary N) is 1. The third-order valence-electron chi connectivity index (χ3n) is 4.92. The molecule has 1 aromatic carbocycles. The van der Waals surface area contributed by atoms with Gasteiger partial charge in [0.25, 0.3) is 0 Å². The first-order chi connectivity index (χ1) is 15.1. The lowest BCUT2D eigenvalue weighted by molar-refractivity contribution is -0.117. The second kappa shape index (κ2) is 9.84. The van der Waals surface area contributed by atoms with Crippen LogP contribution in [0.3, 0.4) is 0 Å². The number of piperidine rings is 1. The lowest BCUT2D eigenvalue weighted by atomic mass is 9.93. The molecule has 0 radical (unpaired) electrons. The number of nitrogens with one attached hydrogen (secondary N) is 1. The van der Waals surface area contributed by atoms with Crippen LogP contribution >= 0.6 is 0 Å². The molecule has 0 bridgehead atoms. The van der Waals surface area contributed by atoms with Crippen LogP contribution in [0.25, 0.3) is 0 Å². The van der Waals surface area contributed by atoms with Gasteiger partial charge in [-0.1, -0.05) is 0 Å². The van der Waals surface area contributed by atoms with Crippen molar-refractivity contribution in [3.05, 3.63) is 42.3 Å². The lowest BCUT2D eigenvalue weighted by Crippen LogP contribution is -2.42. The minimum atomic E-state index is -0.579. The van der Waals surface area contributed by atoms with Crippen LogP contribution in [-0.2, 0) is 9.53 Å². The molecule has 2 heterocycles. The molecule has 1 aliphatic rings. The number of nitrogen functional groups attached to an aromatic ring is 1. The Bertz CT molecular complexity index is 969. The van der Waals surface area contributed by atoms with E-state index in [0.717, 1.165) is 12.8 Å². The van der Waals surface area contributed by atoms with Gasteiger partial charge in [-0.3, -0.25) is 4.79 Å². The van der Waals surface area contributed by atoms with Crippen molar-refractivity contribution in [3.63, 3.8) is 0 Å². The van der Waals surface area contributed by atoms with Gasteiger partial charge in [-0.15, -0.1) is 0 Å². The molecular formula is C23H29FN4O4. The molecular weight excluding hydrogens is 415 g/mol. The number of hydrogen-bond acceptors (Lipinski definition) is 6. The number of pyridine rings is 1. The largest absolute Gasteiger partial charge is 0.454 e. The molecule has 2 aromatic rings. The van der Waals surface area contributed by atoms with Crippen molar-refractivity contribution in [2.45, 2.75) is 45.6 Å². The molecule has 9 heteroatoms. The molecule has 1 aliphatic heterocycles. The number of likely N-dealkylation sites (tertiary alicyclic amines) is 1. The third-order valence-corrected chi connectivity index (χ3v) is 4.92. The van der Waals surface area contributed by atoms with Crippen LogP contribution in [0.1, 0.15) is 40.0 Å². The second-order valence-corrected chi connectivity index (χ2v) is 8.83. The quantitative estimate of drug-likeness (QED) is 0.654. The zero-order valence-corrected chi connectivity index (χ0v) is 18.6. The smallest absolute Gasteiger partial charge is 0.410 e. The van der Waals surface area contributed by atoms with Gasteiger partial charge in [-0.2, -0.15) is 0 Å². The Morgan fingerprint density at radius 3 is 2.59 bits per heavy atom. The first-order valence-corrected chi connectivity index (χ1v) is 10.6. The van der Waals surface area contributed by atoms with Crippen LogP contribution in [0, 0.1) is 11.7 Å². The first-order valence-electron chi connectivity index (χ1n) is 10.6. The molecule has 0 unspecified atom stereocenters. The van der Waals surface area contributed by atoms with E-state index in [4.69, 9.17) is 15.2 Å². The summed E-state index contributed by atoms with van der Waals surface area (Å²) in [5.74, 6) is 0.0877. The van der Waals surface area contributed by atoms with Gasteiger partial charge in [0.1, 0.15) is 17.2 Å². The van der Waals surface area contributed by atoms with Crippen molar-refractivity contribution in [2.75, 3.05) is 24.1 Å². The number of ether oxygens (including phenoxy) is 2. The predicted molar refractivity (Wildman–Crippen MR) is 119 cm³/mol. The zero-order chi connectivity index (χ0) is 23.3. The fourth-order valence-electron chi connectivity index (χ4n) is 3.37. The molecule has 3 rings (SSSR count). The van der Waals surface area contributed by atoms with Gasteiger partial charge in [-0.25, -0.2) is 14.2 Å². The Morgan fingerprint density at radius 1 is 1.22 bits per heavy atom. The molecule has 32 heavy (non-hydrogen) atoms. The average molecular weight is 445 g/mol. The summed E-state index contributed by atoms with van der Waals surface area (Å²) in [6.07, 6.45) is 2.92. The van der Waals surface area contributed by atoms with Crippen molar-refractivity contribution in [2.24, 2.45) is 5.92 Å². The van der Waals surface area contributed by atoms with E-state index in [1.807, 2.05) is 20.8 Å². The minimum Gasteiger partial charge on any atom is -0.454 e. The number of aromatic nitrogens is 1.